The Bertz CT molecular complexity index is 1060. The van der Waals surface area contributed by atoms with E-state index < -0.39 is 20.0 Å². The standard InChI is InChI=1S/C19H22N2O5S2/c1-16-5-7-17(8-6-16)9-14-27(22,23)20-18-3-2-4-19(15-18)28(24,25)21-10-12-26-13-11-21/h2-9,14-15,20H,10-13H2,1H3. The largest absolute Gasteiger partial charge is 0.379 e. The van der Waals surface area contributed by atoms with E-state index in [0.29, 0.717) is 13.2 Å². The van der Waals surface area contributed by atoms with E-state index in [9.17, 15) is 16.8 Å². The van der Waals surface area contributed by atoms with Crippen molar-refractivity contribution in [2.45, 2.75) is 11.8 Å². The van der Waals surface area contributed by atoms with E-state index in [-0.39, 0.29) is 23.7 Å². The van der Waals surface area contributed by atoms with Gasteiger partial charge >= 0.3 is 0 Å². The molecule has 0 aromatic heterocycles. The highest BCUT2D eigenvalue weighted by Crippen LogP contribution is 2.21. The smallest absolute Gasteiger partial charge is 0.255 e. The second kappa shape index (κ2) is 8.44. The number of morpholine rings is 1. The molecular weight excluding hydrogens is 400 g/mol. The van der Waals surface area contributed by atoms with Crippen LogP contribution in [0, 0.1) is 6.92 Å². The molecule has 0 unspecified atom stereocenters. The maximum Gasteiger partial charge on any atom is 0.255 e. The number of nitrogens with zero attached hydrogens (tertiary/aromatic N) is 1. The molecule has 1 aliphatic rings. The van der Waals surface area contributed by atoms with Crippen LogP contribution in [0.15, 0.2) is 58.8 Å². The molecule has 1 heterocycles. The van der Waals surface area contributed by atoms with Gasteiger partial charge < -0.3 is 4.74 Å². The van der Waals surface area contributed by atoms with E-state index in [1.165, 1.54) is 34.6 Å². The average molecular weight is 423 g/mol. The van der Waals surface area contributed by atoms with E-state index >= 15 is 0 Å². The van der Waals surface area contributed by atoms with Crippen molar-refractivity contribution in [3.05, 3.63) is 65.1 Å². The lowest BCUT2D eigenvalue weighted by Gasteiger charge is -2.26. The fourth-order valence-corrected chi connectivity index (χ4v) is 5.01. The van der Waals surface area contributed by atoms with Crippen LogP contribution in [-0.4, -0.2) is 47.4 Å². The number of nitrogens with one attached hydrogen (secondary N) is 1. The number of hydrogen-bond acceptors (Lipinski definition) is 5. The molecule has 28 heavy (non-hydrogen) atoms. The van der Waals surface area contributed by atoms with Crippen LogP contribution in [0.3, 0.4) is 0 Å². The number of ether oxygens (including phenoxy) is 1. The topological polar surface area (TPSA) is 92.8 Å². The van der Waals surface area contributed by atoms with Crippen LogP contribution in [0.25, 0.3) is 6.08 Å². The predicted molar refractivity (Wildman–Crippen MR) is 109 cm³/mol. The first-order chi connectivity index (χ1) is 13.3. The van der Waals surface area contributed by atoms with Crippen LogP contribution >= 0.6 is 0 Å². The minimum atomic E-state index is -3.79. The number of sulfonamides is 2. The third-order valence-electron chi connectivity index (χ3n) is 4.22. The molecule has 0 amide bonds. The van der Waals surface area contributed by atoms with E-state index in [2.05, 4.69) is 4.72 Å². The predicted octanol–water partition coefficient (Wildman–Crippen LogP) is 2.43. The van der Waals surface area contributed by atoms with Crippen molar-refractivity contribution in [3.8, 4) is 0 Å². The van der Waals surface area contributed by atoms with Crippen LogP contribution in [0.4, 0.5) is 5.69 Å². The lowest BCUT2D eigenvalue weighted by atomic mass is 10.2. The molecule has 1 aliphatic heterocycles. The number of anilines is 1. The summed E-state index contributed by atoms with van der Waals surface area (Å²) in [6.07, 6.45) is 1.48. The first-order valence-electron chi connectivity index (χ1n) is 8.72. The van der Waals surface area contributed by atoms with Crippen LogP contribution in [0.2, 0.25) is 0 Å². The Hall–Kier alpha value is -2.20. The third-order valence-corrected chi connectivity index (χ3v) is 7.13. The fraction of sp³-hybridized carbons (Fsp3) is 0.263. The van der Waals surface area contributed by atoms with Crippen molar-refractivity contribution < 1.29 is 21.6 Å². The molecule has 1 saturated heterocycles. The van der Waals surface area contributed by atoms with Crippen LogP contribution in [0.5, 0.6) is 0 Å². The summed E-state index contributed by atoms with van der Waals surface area (Å²) in [5.41, 5.74) is 2.01. The van der Waals surface area contributed by atoms with E-state index in [1.807, 2.05) is 31.2 Å². The molecule has 0 saturated carbocycles. The van der Waals surface area contributed by atoms with Gasteiger partial charge in [0.15, 0.2) is 0 Å². The molecule has 0 radical (unpaired) electrons. The van der Waals surface area contributed by atoms with E-state index in [0.717, 1.165) is 16.5 Å². The lowest BCUT2D eigenvalue weighted by Crippen LogP contribution is -2.40. The summed E-state index contributed by atoms with van der Waals surface area (Å²) in [5, 5.41) is 1.06. The number of hydrogen-bond donors (Lipinski definition) is 1. The first-order valence-corrected chi connectivity index (χ1v) is 11.7. The Kier molecular flexibility index (Phi) is 6.19. The summed E-state index contributed by atoms with van der Waals surface area (Å²) in [4.78, 5) is 0.0390. The van der Waals surface area contributed by atoms with Crippen molar-refractivity contribution in [1.29, 1.82) is 0 Å². The summed E-state index contributed by atoms with van der Waals surface area (Å²) in [5.74, 6) is 0. The van der Waals surface area contributed by atoms with Gasteiger partial charge in [-0.2, -0.15) is 4.31 Å². The summed E-state index contributed by atoms with van der Waals surface area (Å²) in [7, 11) is -7.49. The van der Waals surface area contributed by atoms with Gasteiger partial charge in [-0.25, -0.2) is 16.8 Å². The zero-order chi connectivity index (χ0) is 20.2. The zero-order valence-electron chi connectivity index (χ0n) is 15.4. The highest BCUT2D eigenvalue weighted by molar-refractivity contribution is 7.95. The van der Waals surface area contributed by atoms with Gasteiger partial charge in [0.2, 0.25) is 10.0 Å². The van der Waals surface area contributed by atoms with Gasteiger partial charge in [-0.15, -0.1) is 0 Å². The Morgan fingerprint density at radius 1 is 1.00 bits per heavy atom. The van der Waals surface area contributed by atoms with E-state index in [4.69, 9.17) is 4.74 Å². The molecule has 0 atom stereocenters. The molecule has 9 heteroatoms. The Labute approximate surface area is 165 Å². The van der Waals surface area contributed by atoms with Gasteiger partial charge in [-0.1, -0.05) is 35.9 Å². The fourth-order valence-electron chi connectivity index (χ4n) is 2.70. The normalized spacial score (nSPS) is 16.3. The first kappa shape index (κ1) is 20.5. The molecule has 2 aromatic rings. The lowest BCUT2D eigenvalue weighted by molar-refractivity contribution is 0.0730. The highest BCUT2D eigenvalue weighted by atomic mass is 32.2. The van der Waals surface area contributed by atoms with Crippen LogP contribution in [0.1, 0.15) is 11.1 Å². The molecule has 7 nitrogen and oxygen atoms in total. The van der Waals surface area contributed by atoms with Gasteiger partial charge in [0.05, 0.1) is 29.2 Å². The molecule has 150 valence electrons. The summed E-state index contributed by atoms with van der Waals surface area (Å²) >= 11 is 0. The number of aryl methyl sites for hydroxylation is 1. The Morgan fingerprint density at radius 3 is 2.36 bits per heavy atom. The zero-order valence-corrected chi connectivity index (χ0v) is 17.0. The molecule has 3 rings (SSSR count). The second-order valence-corrected chi connectivity index (χ2v) is 9.91. The maximum atomic E-state index is 12.7. The average Bonchev–Trinajstić information content (AvgIpc) is 2.68. The monoisotopic (exact) mass is 422 g/mol. The van der Waals surface area contributed by atoms with Gasteiger partial charge in [0.25, 0.3) is 10.0 Å². The molecular formula is C19H22N2O5S2. The minimum absolute atomic E-state index is 0.0390. The molecule has 0 aliphatic carbocycles. The second-order valence-electron chi connectivity index (χ2n) is 6.40. The van der Waals surface area contributed by atoms with Crippen molar-refractivity contribution in [2.75, 3.05) is 31.0 Å². The van der Waals surface area contributed by atoms with Crippen molar-refractivity contribution in [3.63, 3.8) is 0 Å². The summed E-state index contributed by atoms with van der Waals surface area (Å²) in [6, 6.07) is 13.2. The highest BCUT2D eigenvalue weighted by Gasteiger charge is 2.26. The van der Waals surface area contributed by atoms with Crippen molar-refractivity contribution in [1.82, 2.24) is 4.31 Å². The van der Waals surface area contributed by atoms with Crippen LogP contribution in [-0.2, 0) is 24.8 Å². The van der Waals surface area contributed by atoms with E-state index in [1.54, 1.807) is 0 Å². The Balaban J connectivity index is 1.77. The van der Waals surface area contributed by atoms with Gasteiger partial charge in [0.1, 0.15) is 0 Å². The number of rotatable bonds is 6. The molecule has 0 spiro atoms. The molecule has 1 N–H and O–H groups in total. The quantitative estimate of drug-likeness (QED) is 0.772. The van der Waals surface area contributed by atoms with Gasteiger partial charge in [-0.3, -0.25) is 4.72 Å². The minimum Gasteiger partial charge on any atom is -0.379 e. The third kappa shape index (κ3) is 5.20. The van der Waals surface area contributed by atoms with Crippen LogP contribution < -0.4 is 4.72 Å². The van der Waals surface area contributed by atoms with Crippen molar-refractivity contribution >= 4 is 31.8 Å². The molecule has 0 bridgehead atoms. The number of benzene rings is 2. The summed E-state index contributed by atoms with van der Waals surface area (Å²) < 4.78 is 59.0. The maximum absolute atomic E-state index is 12.7. The summed E-state index contributed by atoms with van der Waals surface area (Å²) in [6.45, 7) is 3.18. The molecule has 2 aromatic carbocycles. The van der Waals surface area contributed by atoms with Gasteiger partial charge in [0, 0.05) is 13.1 Å². The SMILES string of the molecule is Cc1ccc(C=CS(=O)(=O)Nc2cccc(S(=O)(=O)N3CCOCC3)c2)cc1. The van der Waals surface area contributed by atoms with Gasteiger partial charge in [-0.05, 0) is 36.8 Å². The Morgan fingerprint density at radius 2 is 1.68 bits per heavy atom. The van der Waals surface area contributed by atoms with Crippen molar-refractivity contribution in [2.24, 2.45) is 0 Å². The molecule has 1 fully saturated rings.